The predicted octanol–water partition coefficient (Wildman–Crippen LogP) is 3.65. The highest BCUT2D eigenvalue weighted by Crippen LogP contribution is 2.34. The van der Waals surface area contributed by atoms with Gasteiger partial charge in [0.05, 0.1) is 11.4 Å². The Hall–Kier alpha value is -2.91. The van der Waals surface area contributed by atoms with Gasteiger partial charge in [0.15, 0.2) is 5.65 Å². The molecule has 31 heavy (non-hydrogen) atoms. The SMILES string of the molecule is CC(C)(C)c1cc(C(F)(F)F)n2nc(C3CCN(C(=O)Cn4cccn4)CC3)cc2n1. The van der Waals surface area contributed by atoms with Gasteiger partial charge < -0.3 is 4.90 Å². The van der Waals surface area contributed by atoms with E-state index in [0.29, 0.717) is 37.3 Å². The van der Waals surface area contributed by atoms with Crippen molar-refractivity contribution in [3.05, 3.63) is 47.7 Å². The number of hydrogen-bond donors (Lipinski definition) is 0. The first-order valence-electron chi connectivity index (χ1n) is 10.3. The van der Waals surface area contributed by atoms with Crippen LogP contribution in [0.3, 0.4) is 0 Å². The number of carbonyl (C=O) groups excluding carboxylic acids is 1. The zero-order chi connectivity index (χ0) is 22.4. The third-order valence-electron chi connectivity index (χ3n) is 5.63. The lowest BCUT2D eigenvalue weighted by Crippen LogP contribution is -2.39. The van der Waals surface area contributed by atoms with Crippen molar-refractivity contribution in [2.24, 2.45) is 0 Å². The van der Waals surface area contributed by atoms with Crippen LogP contribution in [-0.2, 0) is 22.9 Å². The summed E-state index contributed by atoms with van der Waals surface area (Å²) in [4.78, 5) is 18.7. The first kappa shape index (κ1) is 21.3. The van der Waals surface area contributed by atoms with E-state index < -0.39 is 17.3 Å². The number of nitrogens with zero attached hydrogens (tertiary/aromatic N) is 6. The minimum atomic E-state index is -4.53. The molecule has 3 aromatic heterocycles. The van der Waals surface area contributed by atoms with Crippen molar-refractivity contribution in [1.29, 1.82) is 0 Å². The molecule has 1 aliphatic heterocycles. The van der Waals surface area contributed by atoms with Gasteiger partial charge in [-0.3, -0.25) is 9.48 Å². The van der Waals surface area contributed by atoms with Crippen LogP contribution in [0, 0.1) is 0 Å². The summed E-state index contributed by atoms with van der Waals surface area (Å²) in [7, 11) is 0. The zero-order valence-electron chi connectivity index (χ0n) is 17.7. The van der Waals surface area contributed by atoms with E-state index in [1.54, 1.807) is 34.1 Å². The quantitative estimate of drug-likeness (QED) is 0.631. The van der Waals surface area contributed by atoms with Crippen LogP contribution in [0.1, 0.15) is 56.6 Å². The van der Waals surface area contributed by atoms with Crippen LogP contribution in [0.4, 0.5) is 13.2 Å². The Kier molecular flexibility index (Phi) is 5.26. The summed E-state index contributed by atoms with van der Waals surface area (Å²) in [6.45, 7) is 6.75. The van der Waals surface area contributed by atoms with Crippen LogP contribution in [0.25, 0.3) is 5.65 Å². The molecule has 0 N–H and O–H groups in total. The number of amides is 1. The van der Waals surface area contributed by atoms with Gasteiger partial charge in [-0.15, -0.1) is 0 Å². The minimum absolute atomic E-state index is 0.0189. The summed E-state index contributed by atoms with van der Waals surface area (Å²) in [5, 5.41) is 8.32. The molecule has 0 spiro atoms. The van der Waals surface area contributed by atoms with E-state index in [1.807, 2.05) is 20.8 Å². The van der Waals surface area contributed by atoms with Crippen LogP contribution in [0.5, 0.6) is 0 Å². The number of halogens is 3. The van der Waals surface area contributed by atoms with Crippen molar-refractivity contribution >= 4 is 11.6 Å². The number of aromatic nitrogens is 5. The van der Waals surface area contributed by atoms with Gasteiger partial charge in [-0.25, -0.2) is 9.50 Å². The molecule has 0 bridgehead atoms. The molecule has 0 unspecified atom stereocenters. The van der Waals surface area contributed by atoms with E-state index in [1.165, 1.54) is 0 Å². The highest BCUT2D eigenvalue weighted by atomic mass is 19.4. The number of hydrogen-bond acceptors (Lipinski definition) is 4. The Balaban J connectivity index is 1.55. The summed E-state index contributed by atoms with van der Waals surface area (Å²) >= 11 is 0. The van der Waals surface area contributed by atoms with Gasteiger partial charge in [0.25, 0.3) is 0 Å². The summed E-state index contributed by atoms with van der Waals surface area (Å²) < 4.78 is 43.6. The van der Waals surface area contributed by atoms with Crippen molar-refractivity contribution in [3.8, 4) is 0 Å². The molecule has 4 rings (SSSR count). The molecule has 1 amide bonds. The number of piperidine rings is 1. The Morgan fingerprint density at radius 1 is 1.16 bits per heavy atom. The molecular weight excluding hydrogens is 409 g/mol. The average molecular weight is 434 g/mol. The van der Waals surface area contributed by atoms with E-state index >= 15 is 0 Å². The van der Waals surface area contributed by atoms with Gasteiger partial charge in [-0.2, -0.15) is 23.4 Å². The highest BCUT2D eigenvalue weighted by molar-refractivity contribution is 5.76. The van der Waals surface area contributed by atoms with Crippen molar-refractivity contribution in [3.63, 3.8) is 0 Å². The fraction of sp³-hybridized carbons (Fsp3) is 0.524. The van der Waals surface area contributed by atoms with Gasteiger partial charge in [0, 0.05) is 42.9 Å². The third-order valence-corrected chi connectivity index (χ3v) is 5.63. The van der Waals surface area contributed by atoms with Gasteiger partial charge in [-0.1, -0.05) is 20.8 Å². The normalized spacial score (nSPS) is 16.3. The number of carbonyl (C=O) groups is 1. The maximum atomic E-state index is 13.7. The largest absolute Gasteiger partial charge is 0.433 e. The van der Waals surface area contributed by atoms with Crippen molar-refractivity contribution in [1.82, 2.24) is 29.3 Å². The molecular formula is C21H25F3N6O. The molecule has 166 valence electrons. The van der Waals surface area contributed by atoms with Crippen LogP contribution >= 0.6 is 0 Å². The van der Waals surface area contributed by atoms with Crippen LogP contribution in [-0.4, -0.2) is 48.3 Å². The molecule has 0 aromatic carbocycles. The maximum absolute atomic E-state index is 13.7. The van der Waals surface area contributed by atoms with Crippen LogP contribution in [0.2, 0.25) is 0 Å². The second-order valence-corrected chi connectivity index (χ2v) is 8.97. The molecule has 0 atom stereocenters. The lowest BCUT2D eigenvalue weighted by molar-refractivity contribution is -0.142. The third kappa shape index (κ3) is 4.42. The number of alkyl halides is 3. The monoisotopic (exact) mass is 434 g/mol. The van der Waals surface area contributed by atoms with Gasteiger partial charge >= 0.3 is 6.18 Å². The molecule has 0 saturated carbocycles. The molecule has 1 aliphatic rings. The Labute approximate surface area is 177 Å². The first-order valence-corrected chi connectivity index (χ1v) is 10.3. The molecule has 7 nitrogen and oxygen atoms in total. The molecule has 3 aromatic rings. The molecule has 0 aliphatic carbocycles. The summed E-state index contributed by atoms with van der Waals surface area (Å²) in [5.74, 6) is -0.0392. The lowest BCUT2D eigenvalue weighted by atomic mass is 9.91. The number of rotatable bonds is 3. The van der Waals surface area contributed by atoms with Crippen molar-refractivity contribution in [2.45, 2.75) is 57.7 Å². The molecule has 0 radical (unpaired) electrons. The van der Waals surface area contributed by atoms with E-state index in [0.717, 1.165) is 10.6 Å². The molecule has 10 heteroatoms. The van der Waals surface area contributed by atoms with Gasteiger partial charge in [0.2, 0.25) is 5.91 Å². The topological polar surface area (TPSA) is 68.3 Å². The summed E-state index contributed by atoms with van der Waals surface area (Å²) in [6.07, 6.45) is 0.104. The fourth-order valence-electron chi connectivity index (χ4n) is 3.84. The lowest BCUT2D eigenvalue weighted by Gasteiger charge is -2.31. The second kappa shape index (κ2) is 7.65. The molecule has 1 saturated heterocycles. The fourth-order valence-corrected chi connectivity index (χ4v) is 3.84. The Bertz CT molecular complexity index is 1070. The predicted molar refractivity (Wildman–Crippen MR) is 107 cm³/mol. The smallest absolute Gasteiger partial charge is 0.341 e. The second-order valence-electron chi connectivity index (χ2n) is 8.97. The maximum Gasteiger partial charge on any atom is 0.433 e. The highest BCUT2D eigenvalue weighted by Gasteiger charge is 2.37. The Morgan fingerprint density at radius 2 is 1.87 bits per heavy atom. The Morgan fingerprint density at radius 3 is 2.45 bits per heavy atom. The van der Waals surface area contributed by atoms with Gasteiger partial charge in [0.1, 0.15) is 12.2 Å². The van der Waals surface area contributed by atoms with Gasteiger partial charge in [-0.05, 0) is 25.0 Å². The summed E-state index contributed by atoms with van der Waals surface area (Å²) in [6, 6.07) is 4.49. The molecule has 4 heterocycles. The van der Waals surface area contributed by atoms with Crippen LogP contribution in [0.15, 0.2) is 30.6 Å². The van der Waals surface area contributed by atoms with E-state index in [-0.39, 0.29) is 24.0 Å². The number of fused-ring (bicyclic) bond motifs is 1. The zero-order valence-corrected chi connectivity index (χ0v) is 17.7. The molecule has 1 fully saturated rings. The standard InChI is InChI=1S/C21H25F3N6O/c1-20(2,3)16-12-17(21(22,23)24)30-18(26-16)11-15(27-30)14-5-9-28(10-6-14)19(31)13-29-8-4-7-25-29/h4,7-8,11-12,14H,5-6,9-10,13H2,1-3H3. The summed E-state index contributed by atoms with van der Waals surface area (Å²) in [5.41, 5.74) is -0.180. The van der Waals surface area contributed by atoms with E-state index in [9.17, 15) is 18.0 Å². The van der Waals surface area contributed by atoms with Crippen molar-refractivity contribution in [2.75, 3.05) is 13.1 Å². The van der Waals surface area contributed by atoms with E-state index in [4.69, 9.17) is 0 Å². The minimum Gasteiger partial charge on any atom is -0.341 e. The van der Waals surface area contributed by atoms with Crippen molar-refractivity contribution < 1.29 is 18.0 Å². The van der Waals surface area contributed by atoms with E-state index in [2.05, 4.69) is 15.2 Å². The first-order chi connectivity index (χ1) is 14.5. The van der Waals surface area contributed by atoms with Crippen LogP contribution < -0.4 is 0 Å². The number of likely N-dealkylation sites (tertiary alicyclic amines) is 1. The average Bonchev–Trinajstić information content (AvgIpc) is 3.35.